The van der Waals surface area contributed by atoms with Gasteiger partial charge in [0, 0.05) is 6.08 Å². The molecule has 106 valence electrons. The maximum atomic E-state index is 6.21. The van der Waals surface area contributed by atoms with Gasteiger partial charge in [0.25, 0.3) is 14.3 Å². The van der Waals surface area contributed by atoms with Crippen LogP contribution in [-0.4, -0.2) is 13.9 Å². The summed E-state index contributed by atoms with van der Waals surface area (Å²) < 4.78 is 12.1. The summed E-state index contributed by atoms with van der Waals surface area (Å²) >= 11 is 0. The first-order chi connectivity index (χ1) is 7.89. The standard InChI is InChI=1S/C15H30O2Si/c1-10-11-12-13(16-14(2,3)4)17-18(8,9)15(5,6)7/h10-12H,1-9H3/b11-10+,13-12+. The number of ether oxygens (including phenoxy) is 1. The lowest BCUT2D eigenvalue weighted by molar-refractivity contribution is -0.00997. The minimum Gasteiger partial charge on any atom is -0.519 e. The molecule has 0 fully saturated rings. The molecule has 0 N–H and O–H groups in total. The van der Waals surface area contributed by atoms with E-state index in [1.165, 1.54) is 0 Å². The molecule has 0 aromatic heterocycles. The summed E-state index contributed by atoms with van der Waals surface area (Å²) in [6, 6.07) is 0. The largest absolute Gasteiger partial charge is 0.519 e. The molecule has 0 heterocycles. The molecule has 0 amide bonds. The van der Waals surface area contributed by atoms with E-state index in [-0.39, 0.29) is 10.6 Å². The first-order valence-corrected chi connectivity index (χ1v) is 9.51. The molecule has 0 saturated carbocycles. The van der Waals surface area contributed by atoms with E-state index in [0.29, 0.717) is 5.95 Å². The monoisotopic (exact) mass is 270 g/mol. The van der Waals surface area contributed by atoms with Gasteiger partial charge in [0.05, 0.1) is 0 Å². The van der Waals surface area contributed by atoms with Crippen LogP contribution < -0.4 is 0 Å². The first-order valence-electron chi connectivity index (χ1n) is 6.60. The Kier molecular flexibility index (Phi) is 5.73. The molecular weight excluding hydrogens is 240 g/mol. The zero-order valence-corrected chi connectivity index (χ0v) is 14.5. The third kappa shape index (κ3) is 6.29. The Balaban J connectivity index is 5.03. The molecule has 0 aliphatic rings. The van der Waals surface area contributed by atoms with E-state index >= 15 is 0 Å². The average molecular weight is 270 g/mol. The fourth-order valence-electron chi connectivity index (χ4n) is 0.970. The molecule has 0 radical (unpaired) electrons. The molecule has 0 atom stereocenters. The Hall–Kier alpha value is -0.703. The highest BCUT2D eigenvalue weighted by Gasteiger charge is 2.40. The lowest BCUT2D eigenvalue weighted by Crippen LogP contribution is -2.41. The summed E-state index contributed by atoms with van der Waals surface area (Å²) in [7, 11) is -1.84. The van der Waals surface area contributed by atoms with Crippen LogP contribution in [0.3, 0.4) is 0 Å². The van der Waals surface area contributed by atoms with Crippen molar-refractivity contribution in [3.63, 3.8) is 0 Å². The molecule has 0 rings (SSSR count). The fraction of sp³-hybridized carbons (Fsp3) is 0.733. The van der Waals surface area contributed by atoms with Crippen LogP contribution in [0.1, 0.15) is 48.5 Å². The van der Waals surface area contributed by atoms with Gasteiger partial charge in [0.15, 0.2) is 0 Å². The summed E-state index contributed by atoms with van der Waals surface area (Å²) in [6.45, 7) is 19.2. The molecule has 0 aliphatic carbocycles. The van der Waals surface area contributed by atoms with E-state index in [2.05, 4.69) is 33.9 Å². The molecular formula is C15H30O2Si. The predicted octanol–water partition coefficient (Wildman–Crippen LogP) is 5.24. The van der Waals surface area contributed by atoms with E-state index in [4.69, 9.17) is 9.16 Å². The van der Waals surface area contributed by atoms with Crippen LogP contribution in [0.25, 0.3) is 0 Å². The molecule has 0 spiro atoms. The van der Waals surface area contributed by atoms with Crippen molar-refractivity contribution >= 4 is 8.32 Å². The van der Waals surface area contributed by atoms with E-state index in [1.54, 1.807) is 0 Å². The summed E-state index contributed by atoms with van der Waals surface area (Å²) in [4.78, 5) is 0. The van der Waals surface area contributed by atoms with Gasteiger partial charge in [-0.2, -0.15) is 0 Å². The zero-order valence-electron chi connectivity index (χ0n) is 13.5. The number of allylic oxidation sites excluding steroid dienone is 3. The van der Waals surface area contributed by atoms with Crippen LogP contribution in [0.2, 0.25) is 18.1 Å². The fourth-order valence-corrected chi connectivity index (χ4v) is 1.89. The van der Waals surface area contributed by atoms with Crippen LogP contribution in [-0.2, 0) is 9.16 Å². The quantitative estimate of drug-likeness (QED) is 0.395. The summed E-state index contributed by atoms with van der Waals surface area (Å²) in [5, 5.41) is 0.170. The maximum absolute atomic E-state index is 6.21. The Morgan fingerprint density at radius 1 is 1.00 bits per heavy atom. The second kappa shape index (κ2) is 5.96. The zero-order chi connectivity index (χ0) is 14.6. The first kappa shape index (κ1) is 17.3. The number of hydrogen-bond acceptors (Lipinski definition) is 2. The van der Waals surface area contributed by atoms with E-state index in [9.17, 15) is 0 Å². The minimum absolute atomic E-state index is 0.170. The third-order valence-electron chi connectivity index (χ3n) is 2.99. The number of hydrogen-bond donors (Lipinski definition) is 0. The second-order valence-electron chi connectivity index (χ2n) is 7.09. The molecule has 18 heavy (non-hydrogen) atoms. The smallest absolute Gasteiger partial charge is 0.265 e. The van der Waals surface area contributed by atoms with Gasteiger partial charge in [-0.05, 0) is 45.8 Å². The maximum Gasteiger partial charge on any atom is 0.265 e. The minimum atomic E-state index is -1.84. The highest BCUT2D eigenvalue weighted by molar-refractivity contribution is 6.74. The third-order valence-corrected chi connectivity index (χ3v) is 7.32. The van der Waals surface area contributed by atoms with Crippen LogP contribution in [0, 0.1) is 0 Å². The Labute approximate surface area is 114 Å². The highest BCUT2D eigenvalue weighted by Crippen LogP contribution is 2.38. The summed E-state index contributed by atoms with van der Waals surface area (Å²) in [5.74, 6) is 0.632. The molecule has 0 bridgehead atoms. The predicted molar refractivity (Wildman–Crippen MR) is 82.0 cm³/mol. The Morgan fingerprint density at radius 3 is 1.83 bits per heavy atom. The molecule has 0 aromatic rings. The van der Waals surface area contributed by atoms with E-state index in [1.807, 2.05) is 45.9 Å². The van der Waals surface area contributed by atoms with Gasteiger partial charge < -0.3 is 9.16 Å². The Bertz CT molecular complexity index is 314. The highest BCUT2D eigenvalue weighted by atomic mass is 28.4. The van der Waals surface area contributed by atoms with Crippen LogP contribution in [0.15, 0.2) is 24.2 Å². The van der Waals surface area contributed by atoms with Crippen molar-refractivity contribution < 1.29 is 9.16 Å². The Morgan fingerprint density at radius 2 is 1.50 bits per heavy atom. The lowest BCUT2D eigenvalue weighted by atomic mass is 10.2. The topological polar surface area (TPSA) is 18.5 Å². The van der Waals surface area contributed by atoms with Crippen LogP contribution in [0.4, 0.5) is 0 Å². The van der Waals surface area contributed by atoms with Gasteiger partial charge in [0.2, 0.25) is 0 Å². The van der Waals surface area contributed by atoms with Gasteiger partial charge in [-0.15, -0.1) is 0 Å². The van der Waals surface area contributed by atoms with Gasteiger partial charge >= 0.3 is 0 Å². The SMILES string of the molecule is C/C=C/C=C(\OC(C)(C)C)O[Si](C)(C)C(C)(C)C. The van der Waals surface area contributed by atoms with Crippen molar-refractivity contribution in [2.24, 2.45) is 0 Å². The van der Waals surface area contributed by atoms with Crippen molar-refractivity contribution in [3.05, 3.63) is 24.2 Å². The molecule has 0 saturated heterocycles. The van der Waals surface area contributed by atoms with Crippen molar-refractivity contribution in [2.75, 3.05) is 0 Å². The van der Waals surface area contributed by atoms with Crippen molar-refractivity contribution in [2.45, 2.75) is 72.2 Å². The van der Waals surface area contributed by atoms with Crippen LogP contribution >= 0.6 is 0 Å². The molecule has 0 aromatic carbocycles. The molecule has 3 heteroatoms. The van der Waals surface area contributed by atoms with Gasteiger partial charge in [0.1, 0.15) is 5.60 Å². The van der Waals surface area contributed by atoms with Crippen molar-refractivity contribution in [3.8, 4) is 0 Å². The number of rotatable bonds is 4. The summed E-state index contributed by atoms with van der Waals surface area (Å²) in [5.41, 5.74) is -0.240. The van der Waals surface area contributed by atoms with Crippen molar-refractivity contribution in [1.82, 2.24) is 0 Å². The summed E-state index contributed by atoms with van der Waals surface area (Å²) in [6.07, 6.45) is 5.83. The van der Waals surface area contributed by atoms with Crippen molar-refractivity contribution in [1.29, 1.82) is 0 Å². The van der Waals surface area contributed by atoms with Crippen LogP contribution in [0.5, 0.6) is 0 Å². The van der Waals surface area contributed by atoms with Gasteiger partial charge in [-0.1, -0.05) is 32.9 Å². The molecule has 2 nitrogen and oxygen atoms in total. The molecule has 0 aliphatic heterocycles. The molecule has 0 unspecified atom stereocenters. The lowest BCUT2D eigenvalue weighted by Gasteiger charge is -2.38. The van der Waals surface area contributed by atoms with Gasteiger partial charge in [-0.3, -0.25) is 0 Å². The van der Waals surface area contributed by atoms with Gasteiger partial charge in [-0.25, -0.2) is 0 Å². The van der Waals surface area contributed by atoms with E-state index in [0.717, 1.165) is 0 Å². The second-order valence-corrected chi connectivity index (χ2v) is 11.8. The normalized spacial score (nSPS) is 15.1. The van der Waals surface area contributed by atoms with E-state index < -0.39 is 8.32 Å². The average Bonchev–Trinajstić information content (AvgIpc) is 2.09.